The Morgan fingerprint density at radius 3 is 2.74 bits per heavy atom. The number of thiazole rings is 1. The Morgan fingerprint density at radius 2 is 2.00 bits per heavy atom. The van der Waals surface area contributed by atoms with Gasteiger partial charge in [-0.25, -0.2) is 4.98 Å². The molecule has 23 heavy (non-hydrogen) atoms. The molecule has 0 spiro atoms. The maximum atomic E-state index is 11.9. The van der Waals surface area contributed by atoms with Crippen molar-refractivity contribution in [1.29, 1.82) is 0 Å². The molecule has 1 heterocycles. The highest BCUT2D eigenvalue weighted by Gasteiger charge is 2.09. The zero-order valence-electron chi connectivity index (χ0n) is 13.9. The van der Waals surface area contributed by atoms with Crippen molar-refractivity contribution < 1.29 is 4.79 Å². The van der Waals surface area contributed by atoms with Gasteiger partial charge in [0, 0.05) is 17.4 Å². The number of aryl methyl sites for hydroxylation is 2. The fourth-order valence-electron chi connectivity index (χ4n) is 2.52. The molecular weight excluding hydrogens is 306 g/mol. The maximum absolute atomic E-state index is 11.9. The van der Waals surface area contributed by atoms with Gasteiger partial charge in [0.15, 0.2) is 5.13 Å². The Kier molecular flexibility index (Phi) is 6.74. The minimum Gasteiger partial charge on any atom is -0.330 e. The fourth-order valence-corrected chi connectivity index (χ4v) is 3.25. The van der Waals surface area contributed by atoms with Gasteiger partial charge in [-0.3, -0.25) is 4.79 Å². The SMILES string of the molecule is Cc1ccc(-c2csc(NC(=O)CCCCCCN)n2)c(C)c1. The second kappa shape index (κ2) is 8.79. The lowest BCUT2D eigenvalue weighted by Gasteiger charge is -2.04. The summed E-state index contributed by atoms with van der Waals surface area (Å²) in [5.41, 5.74) is 9.94. The molecule has 124 valence electrons. The molecule has 0 fully saturated rings. The van der Waals surface area contributed by atoms with Gasteiger partial charge in [-0.15, -0.1) is 11.3 Å². The molecule has 0 atom stereocenters. The number of unbranched alkanes of at least 4 members (excludes halogenated alkanes) is 3. The van der Waals surface area contributed by atoms with Gasteiger partial charge in [0.1, 0.15) is 0 Å². The van der Waals surface area contributed by atoms with Gasteiger partial charge in [-0.1, -0.05) is 36.6 Å². The minimum atomic E-state index is 0.0410. The number of anilines is 1. The Bertz CT molecular complexity index is 651. The summed E-state index contributed by atoms with van der Waals surface area (Å²) >= 11 is 1.47. The van der Waals surface area contributed by atoms with Crippen LogP contribution in [0.25, 0.3) is 11.3 Å². The van der Waals surface area contributed by atoms with Crippen molar-refractivity contribution >= 4 is 22.4 Å². The second-order valence-electron chi connectivity index (χ2n) is 5.86. The van der Waals surface area contributed by atoms with E-state index in [1.54, 1.807) is 0 Å². The Hall–Kier alpha value is -1.72. The van der Waals surface area contributed by atoms with Crippen molar-refractivity contribution in [2.24, 2.45) is 5.73 Å². The van der Waals surface area contributed by atoms with Crippen LogP contribution in [0.5, 0.6) is 0 Å². The van der Waals surface area contributed by atoms with E-state index in [0.29, 0.717) is 11.6 Å². The molecular formula is C18H25N3OS. The summed E-state index contributed by atoms with van der Waals surface area (Å²) in [6, 6.07) is 6.32. The molecule has 4 nitrogen and oxygen atoms in total. The highest BCUT2D eigenvalue weighted by molar-refractivity contribution is 7.14. The van der Waals surface area contributed by atoms with Gasteiger partial charge >= 0.3 is 0 Å². The molecule has 5 heteroatoms. The van der Waals surface area contributed by atoms with Crippen molar-refractivity contribution in [2.75, 3.05) is 11.9 Å². The Balaban J connectivity index is 1.88. The standard InChI is InChI=1S/C18H25N3OS/c1-13-8-9-15(14(2)11-13)16-12-23-18(20-16)21-17(22)7-5-3-4-6-10-19/h8-9,11-12H,3-7,10,19H2,1-2H3,(H,20,21,22). The van der Waals surface area contributed by atoms with E-state index in [0.717, 1.165) is 43.5 Å². The van der Waals surface area contributed by atoms with Crippen LogP contribution in [-0.2, 0) is 4.79 Å². The zero-order chi connectivity index (χ0) is 16.7. The van der Waals surface area contributed by atoms with Gasteiger partial charge in [0.05, 0.1) is 5.69 Å². The van der Waals surface area contributed by atoms with Crippen LogP contribution in [-0.4, -0.2) is 17.4 Å². The topological polar surface area (TPSA) is 68.0 Å². The molecule has 0 bridgehead atoms. The number of nitrogens with two attached hydrogens (primary N) is 1. The predicted octanol–water partition coefficient (Wildman–Crippen LogP) is 4.27. The van der Waals surface area contributed by atoms with E-state index < -0.39 is 0 Å². The van der Waals surface area contributed by atoms with Crippen molar-refractivity contribution in [2.45, 2.75) is 46.0 Å². The summed E-state index contributed by atoms with van der Waals surface area (Å²) in [6.45, 7) is 4.89. The first-order valence-electron chi connectivity index (χ1n) is 8.13. The third-order valence-electron chi connectivity index (χ3n) is 3.77. The first-order chi connectivity index (χ1) is 11.1. The fraction of sp³-hybridized carbons (Fsp3) is 0.444. The van der Waals surface area contributed by atoms with Crippen LogP contribution in [0, 0.1) is 13.8 Å². The summed E-state index contributed by atoms with van der Waals surface area (Å²) in [7, 11) is 0. The van der Waals surface area contributed by atoms with Crippen LogP contribution >= 0.6 is 11.3 Å². The molecule has 1 aromatic heterocycles. The number of hydrogen-bond donors (Lipinski definition) is 2. The highest BCUT2D eigenvalue weighted by Crippen LogP contribution is 2.28. The molecule has 0 radical (unpaired) electrons. The zero-order valence-corrected chi connectivity index (χ0v) is 14.7. The number of rotatable bonds is 8. The van der Waals surface area contributed by atoms with Crippen molar-refractivity contribution in [3.8, 4) is 11.3 Å². The molecule has 0 aliphatic heterocycles. The molecule has 1 aromatic carbocycles. The van der Waals surface area contributed by atoms with E-state index in [2.05, 4.69) is 42.3 Å². The number of benzene rings is 1. The van der Waals surface area contributed by atoms with Crippen molar-refractivity contribution in [3.05, 3.63) is 34.7 Å². The molecule has 3 N–H and O–H groups in total. The summed E-state index contributed by atoms with van der Waals surface area (Å²) in [5.74, 6) is 0.0410. The lowest BCUT2D eigenvalue weighted by atomic mass is 10.0. The summed E-state index contributed by atoms with van der Waals surface area (Å²) in [6.07, 6.45) is 4.63. The van der Waals surface area contributed by atoms with E-state index in [1.807, 2.05) is 5.38 Å². The Morgan fingerprint density at radius 1 is 1.22 bits per heavy atom. The smallest absolute Gasteiger partial charge is 0.226 e. The molecule has 0 aliphatic carbocycles. The van der Waals surface area contributed by atoms with Gasteiger partial charge in [0.2, 0.25) is 5.91 Å². The number of hydrogen-bond acceptors (Lipinski definition) is 4. The van der Waals surface area contributed by atoms with Gasteiger partial charge in [-0.05, 0) is 38.8 Å². The Labute approximate surface area is 142 Å². The first-order valence-corrected chi connectivity index (χ1v) is 9.01. The average molecular weight is 331 g/mol. The van der Waals surface area contributed by atoms with E-state index >= 15 is 0 Å². The first kappa shape index (κ1) is 17.6. The van der Waals surface area contributed by atoms with E-state index in [1.165, 1.54) is 22.5 Å². The number of carbonyl (C=O) groups is 1. The summed E-state index contributed by atoms with van der Waals surface area (Å²) in [4.78, 5) is 16.5. The molecule has 0 unspecified atom stereocenters. The molecule has 2 aromatic rings. The van der Waals surface area contributed by atoms with Crippen molar-refractivity contribution in [1.82, 2.24) is 4.98 Å². The highest BCUT2D eigenvalue weighted by atomic mass is 32.1. The summed E-state index contributed by atoms with van der Waals surface area (Å²) in [5, 5.41) is 5.57. The van der Waals surface area contributed by atoms with Gasteiger partial charge in [0.25, 0.3) is 0 Å². The number of nitrogens with zero attached hydrogens (tertiary/aromatic N) is 1. The number of amides is 1. The third-order valence-corrected chi connectivity index (χ3v) is 4.52. The number of aromatic nitrogens is 1. The van der Waals surface area contributed by atoms with Crippen LogP contribution < -0.4 is 11.1 Å². The number of nitrogens with one attached hydrogen (secondary N) is 1. The monoisotopic (exact) mass is 331 g/mol. The van der Waals surface area contributed by atoms with Crippen LogP contribution in [0.15, 0.2) is 23.6 Å². The van der Waals surface area contributed by atoms with E-state index in [4.69, 9.17) is 5.73 Å². The molecule has 2 rings (SSSR count). The van der Waals surface area contributed by atoms with E-state index in [9.17, 15) is 4.79 Å². The van der Waals surface area contributed by atoms with Crippen LogP contribution in [0.4, 0.5) is 5.13 Å². The maximum Gasteiger partial charge on any atom is 0.226 e. The molecule has 1 amide bonds. The minimum absolute atomic E-state index is 0.0410. The molecule has 0 aliphatic rings. The summed E-state index contributed by atoms with van der Waals surface area (Å²) < 4.78 is 0. The predicted molar refractivity (Wildman–Crippen MR) is 97.8 cm³/mol. The lowest BCUT2D eigenvalue weighted by molar-refractivity contribution is -0.116. The molecule has 0 saturated heterocycles. The van der Waals surface area contributed by atoms with Crippen LogP contribution in [0.1, 0.15) is 43.2 Å². The lowest BCUT2D eigenvalue weighted by Crippen LogP contribution is -2.10. The number of carbonyl (C=O) groups excluding carboxylic acids is 1. The van der Waals surface area contributed by atoms with Crippen LogP contribution in [0.3, 0.4) is 0 Å². The molecule has 0 saturated carbocycles. The van der Waals surface area contributed by atoms with E-state index in [-0.39, 0.29) is 5.91 Å². The largest absolute Gasteiger partial charge is 0.330 e. The third kappa shape index (κ3) is 5.44. The normalized spacial score (nSPS) is 10.7. The van der Waals surface area contributed by atoms with Gasteiger partial charge < -0.3 is 11.1 Å². The second-order valence-corrected chi connectivity index (χ2v) is 6.72. The quantitative estimate of drug-likeness (QED) is 0.710. The van der Waals surface area contributed by atoms with Crippen LogP contribution in [0.2, 0.25) is 0 Å². The van der Waals surface area contributed by atoms with Gasteiger partial charge in [-0.2, -0.15) is 0 Å². The van der Waals surface area contributed by atoms with Crippen molar-refractivity contribution in [3.63, 3.8) is 0 Å². The average Bonchev–Trinajstić information content (AvgIpc) is 2.95.